The number of aromatic nitrogens is 1. The molecular formula is C25H31N5O4. The SMILES string of the molecule is CCc1ncccc1C(CC(=O)O)NC(=O)CNC(=O)c1cccc(NC2=NCCCCC2)c1. The van der Waals surface area contributed by atoms with Gasteiger partial charge in [-0.1, -0.05) is 25.5 Å². The Labute approximate surface area is 199 Å². The van der Waals surface area contributed by atoms with E-state index in [0.717, 1.165) is 49.4 Å². The number of pyridine rings is 1. The molecule has 2 aromatic rings. The highest BCUT2D eigenvalue weighted by Gasteiger charge is 2.21. The zero-order chi connectivity index (χ0) is 24.3. The van der Waals surface area contributed by atoms with Gasteiger partial charge in [0.15, 0.2) is 0 Å². The molecule has 1 aliphatic heterocycles. The number of rotatable bonds is 9. The predicted molar refractivity (Wildman–Crippen MR) is 130 cm³/mol. The molecule has 180 valence electrons. The summed E-state index contributed by atoms with van der Waals surface area (Å²) in [5.74, 6) is -0.997. The fourth-order valence-corrected chi connectivity index (χ4v) is 3.87. The number of hydrogen-bond donors (Lipinski definition) is 4. The van der Waals surface area contributed by atoms with Crippen molar-refractivity contribution in [3.8, 4) is 0 Å². The number of carbonyl (C=O) groups is 3. The summed E-state index contributed by atoms with van der Waals surface area (Å²) >= 11 is 0. The summed E-state index contributed by atoms with van der Waals surface area (Å²) in [4.78, 5) is 45.3. The highest BCUT2D eigenvalue weighted by molar-refractivity contribution is 5.99. The fourth-order valence-electron chi connectivity index (χ4n) is 3.87. The van der Waals surface area contributed by atoms with Gasteiger partial charge in [0, 0.05) is 36.1 Å². The number of carboxylic acids is 1. The first-order valence-electron chi connectivity index (χ1n) is 11.6. The average molecular weight is 466 g/mol. The monoisotopic (exact) mass is 465 g/mol. The maximum Gasteiger partial charge on any atom is 0.305 e. The molecule has 0 fully saturated rings. The molecule has 34 heavy (non-hydrogen) atoms. The molecule has 0 radical (unpaired) electrons. The van der Waals surface area contributed by atoms with Crippen LogP contribution in [0.15, 0.2) is 47.6 Å². The van der Waals surface area contributed by atoms with Gasteiger partial charge < -0.3 is 21.1 Å². The molecule has 4 N–H and O–H groups in total. The summed E-state index contributed by atoms with van der Waals surface area (Å²) < 4.78 is 0. The zero-order valence-electron chi connectivity index (χ0n) is 19.3. The van der Waals surface area contributed by atoms with E-state index in [4.69, 9.17) is 0 Å². The first-order valence-corrected chi connectivity index (χ1v) is 11.6. The number of carbonyl (C=O) groups excluding carboxylic acids is 2. The van der Waals surface area contributed by atoms with E-state index in [-0.39, 0.29) is 13.0 Å². The first-order chi connectivity index (χ1) is 16.5. The topological polar surface area (TPSA) is 133 Å². The molecule has 2 heterocycles. The van der Waals surface area contributed by atoms with Gasteiger partial charge in [-0.25, -0.2) is 0 Å². The Hall–Kier alpha value is -3.75. The minimum Gasteiger partial charge on any atom is -0.481 e. The summed E-state index contributed by atoms with van der Waals surface area (Å²) in [6.45, 7) is 2.44. The number of carboxylic acid groups (broad SMARTS) is 1. The lowest BCUT2D eigenvalue weighted by Crippen LogP contribution is -2.39. The number of benzene rings is 1. The van der Waals surface area contributed by atoms with Crippen molar-refractivity contribution >= 4 is 29.3 Å². The van der Waals surface area contributed by atoms with Crippen molar-refractivity contribution in [1.29, 1.82) is 0 Å². The molecule has 1 atom stereocenters. The quantitative estimate of drug-likeness (QED) is 0.450. The van der Waals surface area contributed by atoms with Crippen LogP contribution >= 0.6 is 0 Å². The number of nitrogens with one attached hydrogen (secondary N) is 3. The van der Waals surface area contributed by atoms with Crippen LogP contribution in [0.5, 0.6) is 0 Å². The van der Waals surface area contributed by atoms with Gasteiger partial charge in [-0.05, 0) is 49.1 Å². The van der Waals surface area contributed by atoms with Crippen molar-refractivity contribution in [2.75, 3.05) is 18.4 Å². The Balaban J connectivity index is 1.59. The number of anilines is 1. The van der Waals surface area contributed by atoms with E-state index in [1.807, 2.05) is 13.0 Å². The Morgan fingerprint density at radius 2 is 1.97 bits per heavy atom. The summed E-state index contributed by atoms with van der Waals surface area (Å²) in [7, 11) is 0. The molecule has 0 saturated carbocycles. The predicted octanol–water partition coefficient (Wildman–Crippen LogP) is 3.09. The third kappa shape index (κ3) is 7.40. The van der Waals surface area contributed by atoms with E-state index in [2.05, 4.69) is 25.9 Å². The van der Waals surface area contributed by atoms with E-state index in [0.29, 0.717) is 17.5 Å². The lowest BCUT2D eigenvalue weighted by molar-refractivity contribution is -0.137. The normalized spacial score (nSPS) is 14.3. The lowest BCUT2D eigenvalue weighted by atomic mass is 10.0. The zero-order valence-corrected chi connectivity index (χ0v) is 19.3. The second-order valence-corrected chi connectivity index (χ2v) is 8.14. The van der Waals surface area contributed by atoms with E-state index in [9.17, 15) is 19.5 Å². The lowest BCUT2D eigenvalue weighted by Gasteiger charge is -2.20. The van der Waals surface area contributed by atoms with Gasteiger partial charge in [-0.15, -0.1) is 0 Å². The molecular weight excluding hydrogens is 434 g/mol. The highest BCUT2D eigenvalue weighted by atomic mass is 16.4. The van der Waals surface area contributed by atoms with E-state index in [1.165, 1.54) is 0 Å². The summed E-state index contributed by atoms with van der Waals surface area (Å²) in [5, 5.41) is 17.9. The number of hydrogen-bond acceptors (Lipinski definition) is 6. The van der Waals surface area contributed by atoms with Crippen LogP contribution in [0.3, 0.4) is 0 Å². The molecule has 0 saturated heterocycles. The van der Waals surface area contributed by atoms with Crippen molar-refractivity contribution in [1.82, 2.24) is 15.6 Å². The highest BCUT2D eigenvalue weighted by Crippen LogP contribution is 2.20. The van der Waals surface area contributed by atoms with Crippen LogP contribution in [-0.4, -0.2) is 46.8 Å². The van der Waals surface area contributed by atoms with Crippen molar-refractivity contribution < 1.29 is 19.5 Å². The maximum atomic E-state index is 12.6. The molecule has 0 bridgehead atoms. The summed E-state index contributed by atoms with van der Waals surface area (Å²) in [6, 6.07) is 9.76. The number of aliphatic imine (C=N–C) groups is 1. The number of amides is 2. The molecule has 1 aromatic carbocycles. The van der Waals surface area contributed by atoms with E-state index < -0.39 is 23.8 Å². The second kappa shape index (κ2) is 12.5. The maximum absolute atomic E-state index is 12.6. The summed E-state index contributed by atoms with van der Waals surface area (Å²) in [6.07, 6.45) is 6.17. The van der Waals surface area contributed by atoms with Crippen LogP contribution in [-0.2, 0) is 16.0 Å². The van der Waals surface area contributed by atoms with Crippen molar-refractivity contribution in [3.63, 3.8) is 0 Å². The third-order valence-corrected chi connectivity index (χ3v) is 5.55. The Morgan fingerprint density at radius 3 is 2.76 bits per heavy atom. The van der Waals surface area contributed by atoms with E-state index >= 15 is 0 Å². The molecule has 1 unspecified atom stereocenters. The average Bonchev–Trinajstić information content (AvgIpc) is 3.10. The van der Waals surface area contributed by atoms with Gasteiger partial charge in [0.1, 0.15) is 5.84 Å². The van der Waals surface area contributed by atoms with Crippen molar-refractivity contribution in [3.05, 3.63) is 59.4 Å². The fraction of sp³-hybridized carbons (Fsp3) is 0.400. The molecule has 1 aromatic heterocycles. The van der Waals surface area contributed by atoms with Crippen molar-refractivity contribution in [2.24, 2.45) is 4.99 Å². The smallest absolute Gasteiger partial charge is 0.305 e. The number of aliphatic carboxylic acids is 1. The minimum absolute atomic E-state index is 0.277. The van der Waals surface area contributed by atoms with Crippen LogP contribution in [0.4, 0.5) is 5.69 Å². The van der Waals surface area contributed by atoms with Gasteiger partial charge in [-0.3, -0.25) is 24.4 Å². The van der Waals surface area contributed by atoms with Gasteiger partial charge in [0.05, 0.1) is 19.0 Å². The Bertz CT molecular complexity index is 1050. The molecule has 3 rings (SSSR count). The second-order valence-electron chi connectivity index (χ2n) is 8.14. The first kappa shape index (κ1) is 24.9. The molecule has 0 spiro atoms. The number of aryl methyl sites for hydroxylation is 1. The van der Waals surface area contributed by atoms with Gasteiger partial charge in [0.2, 0.25) is 5.91 Å². The molecule has 9 nitrogen and oxygen atoms in total. The Morgan fingerprint density at radius 1 is 1.12 bits per heavy atom. The van der Waals surface area contributed by atoms with Gasteiger partial charge in [-0.2, -0.15) is 0 Å². The molecule has 2 amide bonds. The van der Waals surface area contributed by atoms with Crippen LogP contribution in [0.1, 0.15) is 66.7 Å². The summed E-state index contributed by atoms with van der Waals surface area (Å²) in [5.41, 5.74) is 2.56. The van der Waals surface area contributed by atoms with Crippen molar-refractivity contribution in [2.45, 2.75) is 51.5 Å². The largest absolute Gasteiger partial charge is 0.481 e. The molecule has 0 aliphatic carbocycles. The minimum atomic E-state index is -1.04. The molecule has 1 aliphatic rings. The van der Waals surface area contributed by atoms with Gasteiger partial charge in [0.25, 0.3) is 5.91 Å². The van der Waals surface area contributed by atoms with Crippen LogP contribution < -0.4 is 16.0 Å². The van der Waals surface area contributed by atoms with Crippen LogP contribution in [0, 0.1) is 0 Å². The number of nitrogens with zero attached hydrogens (tertiary/aromatic N) is 2. The third-order valence-electron chi connectivity index (χ3n) is 5.55. The standard InChI is InChI=1S/C25H31N5O4/c1-2-20-19(10-7-13-26-20)21(15-24(32)33)30-23(31)16-28-25(34)17-8-6-9-18(14-17)29-22-11-4-3-5-12-27-22/h6-10,13-14,21H,2-5,11-12,15-16H2,1H3,(H,27,29)(H,28,34)(H,30,31)(H,32,33). The van der Waals surface area contributed by atoms with Crippen LogP contribution in [0.2, 0.25) is 0 Å². The van der Waals surface area contributed by atoms with Gasteiger partial charge >= 0.3 is 5.97 Å². The number of amidine groups is 1. The van der Waals surface area contributed by atoms with Crippen LogP contribution in [0.25, 0.3) is 0 Å². The molecule has 9 heteroatoms. The Kier molecular flexibility index (Phi) is 9.13. The van der Waals surface area contributed by atoms with E-state index in [1.54, 1.807) is 36.5 Å².